The third kappa shape index (κ3) is 6.99. The van der Waals surface area contributed by atoms with E-state index < -0.39 is 23.8 Å². The summed E-state index contributed by atoms with van der Waals surface area (Å²) in [6, 6.07) is -0.645. The van der Waals surface area contributed by atoms with Gasteiger partial charge in [0.2, 0.25) is 0 Å². The number of urea groups is 1. The van der Waals surface area contributed by atoms with E-state index in [-0.39, 0.29) is 29.7 Å². The van der Waals surface area contributed by atoms with Gasteiger partial charge < -0.3 is 11.0 Å². The molecule has 0 aromatic carbocycles. The number of nitrogens with one attached hydrogen (secondary N) is 1. The predicted octanol–water partition coefficient (Wildman–Crippen LogP) is -1.62. The molecule has 1 aliphatic rings. The van der Waals surface area contributed by atoms with Crippen LogP contribution in [0.3, 0.4) is 0 Å². The predicted molar refractivity (Wildman–Crippen MR) is 71.8 cm³/mol. The second-order valence-electron chi connectivity index (χ2n) is 4.82. The minimum absolute atomic E-state index is 0. The Hall–Kier alpha value is 0.320. The molecule has 1 heterocycles. The van der Waals surface area contributed by atoms with Crippen LogP contribution in [0.25, 0.3) is 0 Å². The topological polar surface area (TPSA) is 148 Å². The molecule has 0 saturated carbocycles. The molecule has 3 unspecified atom stereocenters. The molecule has 11 heteroatoms. The third-order valence-electron chi connectivity index (χ3n) is 3.55. The van der Waals surface area contributed by atoms with Crippen molar-refractivity contribution in [2.75, 3.05) is 20.8 Å². The Morgan fingerprint density at radius 1 is 1.09 bits per heavy atom. The van der Waals surface area contributed by atoms with Crippen molar-refractivity contribution in [2.45, 2.75) is 26.5 Å². The number of methoxy groups -OCH3 is 2. The van der Waals surface area contributed by atoms with Gasteiger partial charge in [-0.2, -0.15) is 0 Å². The van der Waals surface area contributed by atoms with Gasteiger partial charge in [-0.25, -0.2) is 0 Å². The summed E-state index contributed by atoms with van der Waals surface area (Å²) in [7, 11) is 3.15. The van der Waals surface area contributed by atoms with Crippen LogP contribution in [0.15, 0.2) is 0 Å². The molecule has 0 spiro atoms. The summed E-state index contributed by atoms with van der Waals surface area (Å²) >= 11 is 1.04. The normalized spacial score (nSPS) is 20.3. The molecule has 0 bridgehead atoms. The number of hydrogen-bond donors (Lipinski definition) is 1. The van der Waals surface area contributed by atoms with Crippen LogP contribution in [0.4, 0.5) is 4.79 Å². The zero-order chi connectivity index (χ0) is 16.0. The van der Waals surface area contributed by atoms with Crippen LogP contribution in [-0.2, 0) is 71.3 Å². The standard InChI is InChI=1S/C12H18N2O5.2Hg.2H2O/c1-7(18-3)5-9-10(15)13-12(17)14(11(9)16)6-8(2)19-4;;;;/h7-9H,1-2,5-6H2,3-4H3,(H,13,15,17);;;2*1H2. The molecule has 1 aliphatic heterocycles. The maximum absolute atomic E-state index is 12.4. The summed E-state index contributed by atoms with van der Waals surface area (Å²) in [5, 5.41) is 2.26. The average Bonchev–Trinajstić information content (AvgIpc) is 2.47. The second-order valence-corrected chi connectivity index (χ2v) is 9.31. The van der Waals surface area contributed by atoms with Gasteiger partial charge in [-0.1, -0.05) is 0 Å². The third-order valence-corrected chi connectivity index (χ3v) is 8.56. The van der Waals surface area contributed by atoms with Crippen molar-refractivity contribution in [2.24, 2.45) is 5.92 Å². The molecule has 23 heavy (non-hydrogen) atoms. The fraction of sp³-hybridized carbons (Fsp3) is 0.750. The summed E-state index contributed by atoms with van der Waals surface area (Å²) in [5.41, 5.74) is 0. The molecule has 5 N–H and O–H groups in total. The van der Waals surface area contributed by atoms with E-state index in [9.17, 15) is 14.4 Å². The van der Waals surface area contributed by atoms with Crippen molar-refractivity contribution in [3.8, 4) is 0 Å². The minimum Gasteiger partial charge on any atom is -0.412 e. The Kier molecular flexibility index (Phi) is 14.1. The van der Waals surface area contributed by atoms with E-state index in [0.29, 0.717) is 58.7 Å². The van der Waals surface area contributed by atoms with E-state index >= 15 is 0 Å². The molecular weight excluding hydrogens is 685 g/mol. The van der Waals surface area contributed by atoms with Gasteiger partial charge in [0.25, 0.3) is 0 Å². The van der Waals surface area contributed by atoms with E-state index in [1.54, 1.807) is 14.2 Å². The van der Waals surface area contributed by atoms with Gasteiger partial charge >= 0.3 is 157 Å². The second kappa shape index (κ2) is 12.6. The SMILES string of the molecule is COC([CH2][Hg])CC1C(=O)NC(=O)N(CC([CH2][Hg])OC)C1=O.O.O. The molecular formula is C12H22Hg2N2O7. The fourth-order valence-electron chi connectivity index (χ4n) is 2.12. The Morgan fingerprint density at radius 3 is 2.04 bits per heavy atom. The molecule has 9 nitrogen and oxygen atoms in total. The molecule has 1 fully saturated rings. The zero-order valence-electron chi connectivity index (χ0n) is 13.5. The smallest absolute Gasteiger partial charge is 0.412 e. The van der Waals surface area contributed by atoms with E-state index in [0.717, 1.165) is 12.8 Å². The fourth-order valence-corrected chi connectivity index (χ4v) is 5.58. The van der Waals surface area contributed by atoms with Crippen molar-refractivity contribution in [3.63, 3.8) is 0 Å². The van der Waals surface area contributed by atoms with Crippen LogP contribution in [0.5, 0.6) is 0 Å². The van der Waals surface area contributed by atoms with Crippen molar-refractivity contribution >= 4 is 17.8 Å². The Morgan fingerprint density at radius 2 is 1.61 bits per heavy atom. The molecule has 1 saturated heterocycles. The number of ether oxygens (including phenoxy) is 2. The summed E-state index contributed by atoms with van der Waals surface area (Å²) < 4.78 is 12.3. The number of hydrogen-bond acceptors (Lipinski definition) is 5. The van der Waals surface area contributed by atoms with Gasteiger partial charge in [-0.3, -0.25) is 0 Å². The number of carbonyl (C=O) groups is 3. The molecule has 126 valence electrons. The number of rotatable bonds is 8. The van der Waals surface area contributed by atoms with Crippen LogP contribution in [0, 0.1) is 5.92 Å². The van der Waals surface area contributed by atoms with Crippen LogP contribution < -0.4 is 5.32 Å². The first kappa shape index (κ1) is 25.6. The van der Waals surface area contributed by atoms with E-state index in [2.05, 4.69) is 5.32 Å². The van der Waals surface area contributed by atoms with Crippen LogP contribution in [-0.4, -0.2) is 66.7 Å². The van der Waals surface area contributed by atoms with E-state index in [1.807, 2.05) is 0 Å². The van der Waals surface area contributed by atoms with Gasteiger partial charge in [0.05, 0.1) is 0 Å². The van der Waals surface area contributed by atoms with Crippen molar-refractivity contribution < 1.29 is 87.1 Å². The Labute approximate surface area is 167 Å². The number of imide groups is 2. The van der Waals surface area contributed by atoms with Gasteiger partial charge in [-0.05, 0) is 0 Å². The van der Waals surface area contributed by atoms with Crippen LogP contribution in [0.1, 0.15) is 6.42 Å². The molecule has 0 aromatic heterocycles. The van der Waals surface area contributed by atoms with Gasteiger partial charge in [0, 0.05) is 0 Å². The van der Waals surface area contributed by atoms with Gasteiger partial charge in [0.1, 0.15) is 0 Å². The molecule has 0 aliphatic carbocycles. The largest absolute Gasteiger partial charge is 0.412 e. The Bertz CT molecular complexity index is 369. The molecule has 3 atom stereocenters. The number of nitrogens with zero attached hydrogens (tertiary/aromatic N) is 1. The number of carbonyl (C=O) groups excluding carboxylic acids is 3. The minimum atomic E-state index is -0.840. The molecule has 0 radical (unpaired) electrons. The number of barbiturate groups is 1. The van der Waals surface area contributed by atoms with Crippen LogP contribution in [0.2, 0.25) is 7.86 Å². The van der Waals surface area contributed by atoms with Crippen molar-refractivity contribution in [1.82, 2.24) is 10.2 Å². The first-order valence-electron chi connectivity index (χ1n) is 6.78. The first-order chi connectivity index (χ1) is 9.98. The first-order valence-corrected chi connectivity index (χ1v) is 14.6. The quantitative estimate of drug-likeness (QED) is 0.238. The van der Waals surface area contributed by atoms with Gasteiger partial charge in [0.15, 0.2) is 0 Å². The summed E-state index contributed by atoms with van der Waals surface area (Å²) in [5.74, 6) is -1.79. The monoisotopic (exact) mass is 710 g/mol. The summed E-state index contributed by atoms with van der Waals surface area (Å²) in [4.78, 5) is 37.3. The molecule has 4 amide bonds. The summed E-state index contributed by atoms with van der Waals surface area (Å²) in [6.07, 6.45) is 0.0933. The zero-order valence-corrected chi connectivity index (χ0v) is 24.5. The maximum atomic E-state index is 12.4. The number of amides is 4. The van der Waals surface area contributed by atoms with Gasteiger partial charge in [-0.15, -0.1) is 0 Å². The van der Waals surface area contributed by atoms with E-state index in [4.69, 9.17) is 9.47 Å². The Balaban J connectivity index is 0. The van der Waals surface area contributed by atoms with Crippen molar-refractivity contribution in [3.05, 3.63) is 0 Å². The molecule has 1 rings (SSSR count). The maximum Gasteiger partial charge on any atom is -0.412 e. The van der Waals surface area contributed by atoms with Crippen molar-refractivity contribution in [1.29, 1.82) is 0 Å². The average molecular weight is 707 g/mol. The van der Waals surface area contributed by atoms with E-state index in [1.165, 1.54) is 0 Å². The van der Waals surface area contributed by atoms with Crippen LogP contribution >= 0.6 is 0 Å². The summed E-state index contributed by atoms with van der Waals surface area (Å²) in [6.45, 7) is 0.205. The molecule has 0 aromatic rings.